The van der Waals surface area contributed by atoms with Crippen LogP contribution in [0.1, 0.15) is 22.3 Å². The summed E-state index contributed by atoms with van der Waals surface area (Å²) < 4.78 is 26.4. The van der Waals surface area contributed by atoms with E-state index in [0.29, 0.717) is 12.5 Å². The lowest BCUT2D eigenvalue weighted by Crippen LogP contribution is -2.14. The van der Waals surface area contributed by atoms with Crippen LogP contribution in [-0.2, 0) is 6.42 Å². The fraction of sp³-hybridized carbons (Fsp3) is 0.182. The van der Waals surface area contributed by atoms with Gasteiger partial charge in [-0.2, -0.15) is 0 Å². The number of hydrogen-bond donors (Lipinski definition) is 2. The highest BCUT2D eigenvalue weighted by Gasteiger charge is 2.16. The van der Waals surface area contributed by atoms with E-state index in [0.717, 1.165) is 11.1 Å². The predicted molar refractivity (Wildman–Crippen MR) is 68.0 cm³/mol. The molecule has 19 heavy (non-hydrogen) atoms. The molecule has 0 atom stereocenters. The molecule has 5 nitrogen and oxygen atoms in total. The highest BCUT2D eigenvalue weighted by atomic mass is 32.1. The summed E-state index contributed by atoms with van der Waals surface area (Å²) in [4.78, 5) is 11.8. The van der Waals surface area contributed by atoms with Crippen molar-refractivity contribution in [1.29, 1.82) is 0 Å². The summed E-state index contributed by atoms with van der Waals surface area (Å²) in [5.74, 6) is -2.63. The number of halogens is 2. The summed E-state index contributed by atoms with van der Waals surface area (Å²) in [6, 6.07) is 1.52. The number of carbonyl (C=O) groups excluding carboxylic acids is 1. The van der Waals surface area contributed by atoms with E-state index in [-0.39, 0.29) is 16.4 Å². The van der Waals surface area contributed by atoms with Crippen molar-refractivity contribution in [3.05, 3.63) is 34.3 Å². The highest BCUT2D eigenvalue weighted by molar-refractivity contribution is 7.15. The van der Waals surface area contributed by atoms with E-state index in [9.17, 15) is 13.6 Å². The van der Waals surface area contributed by atoms with Crippen molar-refractivity contribution in [2.24, 2.45) is 0 Å². The minimum Gasteiger partial charge on any atom is -0.396 e. The van der Waals surface area contributed by atoms with Crippen LogP contribution in [-0.4, -0.2) is 16.1 Å². The molecule has 3 N–H and O–H groups in total. The number of nitrogen functional groups attached to an aromatic ring is 1. The van der Waals surface area contributed by atoms with Crippen LogP contribution in [0.3, 0.4) is 0 Å². The van der Waals surface area contributed by atoms with Crippen molar-refractivity contribution in [1.82, 2.24) is 10.2 Å². The third-order valence-corrected chi connectivity index (χ3v) is 3.30. The van der Waals surface area contributed by atoms with E-state index < -0.39 is 17.5 Å². The number of rotatable bonds is 3. The first-order valence-corrected chi connectivity index (χ1v) is 6.21. The molecule has 1 aromatic heterocycles. The Balaban J connectivity index is 2.22. The molecule has 2 aromatic rings. The van der Waals surface area contributed by atoms with Crippen LogP contribution >= 0.6 is 11.3 Å². The molecule has 0 bridgehead atoms. The maximum Gasteiger partial charge on any atom is 0.260 e. The fourth-order valence-electron chi connectivity index (χ4n) is 1.35. The zero-order valence-electron chi connectivity index (χ0n) is 9.91. The molecule has 0 radical (unpaired) electrons. The fourth-order valence-corrected chi connectivity index (χ4v) is 2.03. The second kappa shape index (κ2) is 5.27. The number of hydrogen-bond acceptors (Lipinski definition) is 5. The second-order valence-corrected chi connectivity index (χ2v) is 4.72. The predicted octanol–water partition coefficient (Wildman–Crippen LogP) is 2.21. The lowest BCUT2D eigenvalue weighted by atomic mass is 10.1. The van der Waals surface area contributed by atoms with Crippen LogP contribution in [0.4, 0.5) is 19.6 Å². The molecule has 0 saturated carbocycles. The molecule has 0 aliphatic rings. The Morgan fingerprint density at radius 1 is 1.37 bits per heavy atom. The molecule has 8 heteroatoms. The lowest BCUT2D eigenvalue weighted by molar-refractivity contribution is 0.102. The molecule has 0 aliphatic heterocycles. The number of amides is 1. The zero-order chi connectivity index (χ0) is 14.0. The quantitative estimate of drug-likeness (QED) is 0.847. The number of nitrogens with one attached hydrogen (secondary N) is 1. The summed E-state index contributed by atoms with van der Waals surface area (Å²) in [5.41, 5.74) is 4.67. The molecule has 0 fully saturated rings. The normalized spacial score (nSPS) is 10.5. The Morgan fingerprint density at radius 3 is 2.74 bits per heavy atom. The number of aromatic nitrogens is 2. The average molecular weight is 284 g/mol. The molecule has 0 aliphatic carbocycles. The minimum absolute atomic E-state index is 0.254. The summed E-state index contributed by atoms with van der Waals surface area (Å²) in [5, 5.41) is 10.9. The maximum absolute atomic E-state index is 13.5. The van der Waals surface area contributed by atoms with Crippen LogP contribution in [0.15, 0.2) is 12.1 Å². The minimum atomic E-state index is -0.982. The summed E-state index contributed by atoms with van der Waals surface area (Å²) in [7, 11) is 0. The number of anilines is 2. The molecule has 1 heterocycles. The molecule has 1 aromatic carbocycles. The van der Waals surface area contributed by atoms with Crippen molar-refractivity contribution in [3.8, 4) is 0 Å². The molecular formula is C11H10F2N4OS. The number of carbonyl (C=O) groups is 1. The molecular weight excluding hydrogens is 274 g/mol. The van der Waals surface area contributed by atoms with E-state index in [4.69, 9.17) is 5.73 Å². The first-order chi connectivity index (χ1) is 9.01. The lowest BCUT2D eigenvalue weighted by Gasteiger charge is -2.04. The van der Waals surface area contributed by atoms with Crippen LogP contribution < -0.4 is 11.1 Å². The third kappa shape index (κ3) is 2.84. The van der Waals surface area contributed by atoms with Gasteiger partial charge in [0.1, 0.15) is 16.6 Å². The number of benzene rings is 1. The van der Waals surface area contributed by atoms with Gasteiger partial charge in [-0.3, -0.25) is 10.1 Å². The molecule has 100 valence electrons. The van der Waals surface area contributed by atoms with E-state index in [2.05, 4.69) is 15.5 Å². The Kier molecular flexibility index (Phi) is 3.70. The monoisotopic (exact) mass is 284 g/mol. The van der Waals surface area contributed by atoms with Gasteiger partial charge in [0.25, 0.3) is 5.91 Å². The molecule has 2 rings (SSSR count). The topological polar surface area (TPSA) is 80.9 Å². The second-order valence-electron chi connectivity index (χ2n) is 3.66. The first kappa shape index (κ1) is 13.3. The van der Waals surface area contributed by atoms with Crippen LogP contribution in [0, 0.1) is 11.6 Å². The smallest absolute Gasteiger partial charge is 0.260 e. The molecule has 0 unspecified atom stereocenters. The van der Waals surface area contributed by atoms with Gasteiger partial charge in [0.05, 0.1) is 11.3 Å². The molecule has 0 spiro atoms. The summed E-state index contributed by atoms with van der Waals surface area (Å²) in [6.45, 7) is 1.90. The summed E-state index contributed by atoms with van der Waals surface area (Å²) >= 11 is 1.19. The van der Waals surface area contributed by atoms with E-state index in [1.165, 1.54) is 11.3 Å². The SMILES string of the molecule is CCc1nnc(NC(=O)c2cc(N)c(F)cc2F)s1. The van der Waals surface area contributed by atoms with Crippen molar-refractivity contribution in [2.45, 2.75) is 13.3 Å². The Labute approximate surface area is 111 Å². The van der Waals surface area contributed by atoms with Crippen LogP contribution in [0.25, 0.3) is 0 Å². The van der Waals surface area contributed by atoms with E-state index >= 15 is 0 Å². The van der Waals surface area contributed by atoms with Gasteiger partial charge < -0.3 is 5.73 Å². The third-order valence-electron chi connectivity index (χ3n) is 2.32. The van der Waals surface area contributed by atoms with Gasteiger partial charge in [0.2, 0.25) is 5.13 Å². The van der Waals surface area contributed by atoms with Crippen LogP contribution in [0.5, 0.6) is 0 Å². The van der Waals surface area contributed by atoms with Crippen molar-refractivity contribution in [2.75, 3.05) is 11.1 Å². The van der Waals surface area contributed by atoms with E-state index in [1.807, 2.05) is 6.92 Å². The van der Waals surface area contributed by atoms with Gasteiger partial charge in [-0.25, -0.2) is 8.78 Å². The highest BCUT2D eigenvalue weighted by Crippen LogP contribution is 2.20. The largest absolute Gasteiger partial charge is 0.396 e. The molecule has 0 saturated heterocycles. The van der Waals surface area contributed by atoms with Gasteiger partial charge in [-0.05, 0) is 12.5 Å². The van der Waals surface area contributed by atoms with Gasteiger partial charge in [-0.15, -0.1) is 10.2 Å². The van der Waals surface area contributed by atoms with Gasteiger partial charge in [-0.1, -0.05) is 18.3 Å². The maximum atomic E-state index is 13.5. The molecule has 1 amide bonds. The van der Waals surface area contributed by atoms with E-state index in [1.54, 1.807) is 0 Å². The zero-order valence-corrected chi connectivity index (χ0v) is 10.7. The number of nitrogens with two attached hydrogens (primary N) is 1. The first-order valence-electron chi connectivity index (χ1n) is 5.39. The Bertz CT molecular complexity index is 629. The Hall–Kier alpha value is -2.09. The van der Waals surface area contributed by atoms with Gasteiger partial charge in [0.15, 0.2) is 0 Å². The average Bonchev–Trinajstić information content (AvgIpc) is 2.81. The van der Waals surface area contributed by atoms with Crippen LogP contribution in [0.2, 0.25) is 0 Å². The van der Waals surface area contributed by atoms with Crippen molar-refractivity contribution < 1.29 is 13.6 Å². The Morgan fingerprint density at radius 2 is 2.11 bits per heavy atom. The van der Waals surface area contributed by atoms with Crippen molar-refractivity contribution in [3.63, 3.8) is 0 Å². The summed E-state index contributed by atoms with van der Waals surface area (Å²) in [6.07, 6.45) is 0.686. The number of nitrogens with zero attached hydrogens (tertiary/aromatic N) is 2. The standard InChI is InChI=1S/C11H10F2N4OS/c1-2-9-16-17-11(19-9)15-10(18)5-3-8(14)7(13)4-6(5)12/h3-4H,2,14H2,1H3,(H,15,17,18). The van der Waals surface area contributed by atoms with Crippen molar-refractivity contribution >= 4 is 28.1 Å². The van der Waals surface area contributed by atoms with Gasteiger partial charge in [0, 0.05) is 6.07 Å². The van der Waals surface area contributed by atoms with Gasteiger partial charge >= 0.3 is 0 Å². The number of aryl methyl sites for hydroxylation is 1.